The number of aliphatic hydroxyl groups is 1. The van der Waals surface area contributed by atoms with Crippen molar-refractivity contribution in [3.05, 3.63) is 35.9 Å². The molecule has 6 N–H and O–H groups in total. The molecule has 0 heterocycles. The number of aliphatic carboxylic acids is 2. The van der Waals surface area contributed by atoms with E-state index in [0.717, 1.165) is 5.56 Å². The zero-order chi connectivity index (χ0) is 25.9. The van der Waals surface area contributed by atoms with Gasteiger partial charge >= 0.3 is 19.1 Å². The Kier molecular flexibility index (Phi) is 11.9. The van der Waals surface area contributed by atoms with Gasteiger partial charge in [-0.2, -0.15) is 0 Å². The minimum atomic E-state index is -2.22. The van der Waals surface area contributed by atoms with Crippen molar-refractivity contribution in [2.75, 3.05) is 7.11 Å². The normalized spacial score (nSPS) is 14.2. The highest BCUT2D eigenvalue weighted by Crippen LogP contribution is 2.23. The van der Waals surface area contributed by atoms with Crippen molar-refractivity contribution in [2.45, 2.75) is 63.2 Å². The SMILES string of the molecule is COB(OC(C=O)(CC(=O)O)CC(=O)O)C(CC(C)C)NC(=O)C(O)C(N)Cc1ccccc1. The summed E-state index contributed by atoms with van der Waals surface area (Å²) >= 11 is 0. The average molecular weight is 480 g/mol. The van der Waals surface area contributed by atoms with Crippen molar-refractivity contribution in [3.8, 4) is 0 Å². The summed E-state index contributed by atoms with van der Waals surface area (Å²) in [5.41, 5.74) is 4.63. The first-order valence-corrected chi connectivity index (χ1v) is 10.8. The molecule has 0 aliphatic carbocycles. The topological polar surface area (TPSA) is 185 Å². The number of amides is 1. The van der Waals surface area contributed by atoms with Gasteiger partial charge in [0.05, 0.1) is 18.8 Å². The Morgan fingerprint density at radius 1 is 1.15 bits per heavy atom. The van der Waals surface area contributed by atoms with Crippen molar-refractivity contribution in [1.29, 1.82) is 0 Å². The van der Waals surface area contributed by atoms with Crippen LogP contribution in [0.25, 0.3) is 0 Å². The van der Waals surface area contributed by atoms with E-state index in [-0.39, 0.29) is 25.0 Å². The fraction of sp³-hybridized carbons (Fsp3) is 0.545. The quantitative estimate of drug-likeness (QED) is 0.160. The van der Waals surface area contributed by atoms with E-state index in [1.165, 1.54) is 7.11 Å². The zero-order valence-corrected chi connectivity index (χ0v) is 19.5. The molecule has 1 aromatic carbocycles. The van der Waals surface area contributed by atoms with Crippen LogP contribution in [0.5, 0.6) is 0 Å². The van der Waals surface area contributed by atoms with E-state index in [2.05, 4.69) is 5.32 Å². The first-order chi connectivity index (χ1) is 15.9. The Labute approximate surface area is 198 Å². The second-order valence-electron chi connectivity index (χ2n) is 8.59. The Bertz CT molecular complexity index is 806. The number of benzene rings is 1. The first-order valence-electron chi connectivity index (χ1n) is 10.8. The Morgan fingerprint density at radius 2 is 1.71 bits per heavy atom. The molecule has 1 aromatic rings. The van der Waals surface area contributed by atoms with Gasteiger partial charge in [0, 0.05) is 13.2 Å². The number of carbonyl (C=O) groups is 4. The second-order valence-corrected chi connectivity index (χ2v) is 8.59. The molecule has 12 heteroatoms. The molecule has 11 nitrogen and oxygen atoms in total. The van der Waals surface area contributed by atoms with Crippen LogP contribution < -0.4 is 11.1 Å². The lowest BCUT2D eigenvalue weighted by atomic mass is 9.72. The van der Waals surface area contributed by atoms with Gasteiger partial charge in [0.15, 0.2) is 6.29 Å². The molecule has 34 heavy (non-hydrogen) atoms. The van der Waals surface area contributed by atoms with Gasteiger partial charge in [0.2, 0.25) is 5.91 Å². The van der Waals surface area contributed by atoms with Crippen LogP contribution >= 0.6 is 0 Å². The van der Waals surface area contributed by atoms with Crippen LogP contribution in [0.4, 0.5) is 0 Å². The van der Waals surface area contributed by atoms with Crippen LogP contribution in [0, 0.1) is 5.92 Å². The van der Waals surface area contributed by atoms with Crippen molar-refractivity contribution in [2.24, 2.45) is 11.7 Å². The van der Waals surface area contributed by atoms with Crippen LogP contribution in [0.1, 0.15) is 38.7 Å². The zero-order valence-electron chi connectivity index (χ0n) is 19.5. The van der Waals surface area contributed by atoms with Crippen LogP contribution in [0.15, 0.2) is 30.3 Å². The molecule has 0 radical (unpaired) electrons. The monoisotopic (exact) mass is 480 g/mol. The van der Waals surface area contributed by atoms with Crippen LogP contribution in [0.2, 0.25) is 0 Å². The maximum atomic E-state index is 12.8. The lowest BCUT2D eigenvalue weighted by Gasteiger charge is -2.33. The van der Waals surface area contributed by atoms with Crippen LogP contribution in [0.3, 0.4) is 0 Å². The largest absolute Gasteiger partial charge is 0.481 e. The van der Waals surface area contributed by atoms with Crippen molar-refractivity contribution >= 4 is 31.3 Å². The summed E-state index contributed by atoms with van der Waals surface area (Å²) in [4.78, 5) is 47.1. The van der Waals surface area contributed by atoms with E-state index < -0.39 is 61.5 Å². The number of aliphatic hydroxyl groups excluding tert-OH is 1. The molecule has 0 aliphatic heterocycles. The molecule has 188 valence electrons. The Hall–Kier alpha value is -2.80. The third-order valence-corrected chi connectivity index (χ3v) is 5.07. The van der Waals surface area contributed by atoms with Crippen molar-refractivity contribution < 1.29 is 43.8 Å². The molecule has 3 atom stereocenters. The molecule has 0 aromatic heterocycles. The molecular weight excluding hydrogens is 447 g/mol. The molecule has 3 unspecified atom stereocenters. The van der Waals surface area contributed by atoms with Crippen LogP contribution in [-0.2, 0) is 34.9 Å². The lowest BCUT2D eigenvalue weighted by Crippen LogP contribution is -2.58. The summed E-state index contributed by atoms with van der Waals surface area (Å²) in [7, 11) is -0.175. The van der Waals surface area contributed by atoms with Crippen LogP contribution in [-0.4, -0.2) is 77.4 Å². The number of carbonyl (C=O) groups excluding carboxylic acids is 2. The third kappa shape index (κ3) is 9.60. The molecule has 0 spiro atoms. The fourth-order valence-electron chi connectivity index (χ4n) is 3.50. The van der Waals surface area contributed by atoms with Gasteiger partial charge in [0.1, 0.15) is 11.7 Å². The van der Waals surface area contributed by atoms with E-state index >= 15 is 0 Å². The molecule has 0 aliphatic rings. The highest BCUT2D eigenvalue weighted by atomic mass is 16.6. The number of aldehydes is 1. The highest BCUT2D eigenvalue weighted by molar-refractivity contribution is 6.47. The number of carboxylic acid groups (broad SMARTS) is 2. The van der Waals surface area contributed by atoms with Crippen molar-refractivity contribution in [1.82, 2.24) is 5.32 Å². The minimum Gasteiger partial charge on any atom is -0.481 e. The summed E-state index contributed by atoms with van der Waals surface area (Å²) in [5, 5.41) is 31.4. The van der Waals surface area contributed by atoms with E-state index in [0.29, 0.717) is 0 Å². The van der Waals surface area contributed by atoms with E-state index in [1.807, 2.05) is 32.0 Å². The van der Waals surface area contributed by atoms with Gasteiger partial charge in [-0.25, -0.2) is 0 Å². The third-order valence-electron chi connectivity index (χ3n) is 5.07. The lowest BCUT2D eigenvalue weighted by molar-refractivity contribution is -0.152. The maximum Gasteiger partial charge on any atom is 0.481 e. The summed E-state index contributed by atoms with van der Waals surface area (Å²) in [6.45, 7) is 3.68. The number of nitrogens with two attached hydrogens (primary N) is 1. The van der Waals surface area contributed by atoms with Crippen molar-refractivity contribution in [3.63, 3.8) is 0 Å². The number of carboxylic acids is 2. The molecule has 1 rings (SSSR count). The second kappa shape index (κ2) is 13.8. The first kappa shape index (κ1) is 29.2. The highest BCUT2D eigenvalue weighted by Gasteiger charge is 2.44. The van der Waals surface area contributed by atoms with E-state index in [9.17, 15) is 34.5 Å². The summed E-state index contributed by atoms with van der Waals surface area (Å²) < 4.78 is 10.9. The Morgan fingerprint density at radius 3 is 2.15 bits per heavy atom. The molecular formula is C22H33BN2O9. The smallest absolute Gasteiger partial charge is 0.481 e. The van der Waals surface area contributed by atoms with Gasteiger partial charge in [-0.1, -0.05) is 44.2 Å². The predicted molar refractivity (Wildman–Crippen MR) is 123 cm³/mol. The van der Waals surface area contributed by atoms with E-state index in [4.69, 9.17) is 15.0 Å². The van der Waals surface area contributed by atoms with Gasteiger partial charge in [-0.15, -0.1) is 0 Å². The molecule has 1 amide bonds. The molecule has 0 saturated carbocycles. The standard InChI is InChI=1S/C22H33BN2O9/c1-14(2)9-17(23(33-3)34-22(13-26,11-18(27)28)12-19(29)30)25-21(32)20(31)16(24)10-15-7-5-4-6-8-15/h4-8,13-14,16-17,20,31H,9-12,24H2,1-3H3,(H,25,32)(H,27,28)(H,29,30). The maximum absolute atomic E-state index is 12.8. The van der Waals surface area contributed by atoms with Gasteiger partial charge < -0.3 is 40.5 Å². The Balaban J connectivity index is 3.06. The van der Waals surface area contributed by atoms with Gasteiger partial charge in [-0.05, 0) is 24.3 Å². The predicted octanol–water partition coefficient (Wildman–Crippen LogP) is 0.0257. The summed E-state index contributed by atoms with van der Waals surface area (Å²) in [6.07, 6.45) is -2.83. The van der Waals surface area contributed by atoms with Gasteiger partial charge in [0.25, 0.3) is 0 Å². The number of hydrogen-bond donors (Lipinski definition) is 5. The molecule has 0 saturated heterocycles. The van der Waals surface area contributed by atoms with E-state index in [1.54, 1.807) is 12.1 Å². The molecule has 0 fully saturated rings. The number of rotatable bonds is 16. The number of hydrogen-bond acceptors (Lipinski definition) is 8. The fourth-order valence-corrected chi connectivity index (χ4v) is 3.50. The van der Waals surface area contributed by atoms with Gasteiger partial charge in [-0.3, -0.25) is 14.4 Å². The number of nitrogens with one attached hydrogen (secondary N) is 1. The average Bonchev–Trinajstić information content (AvgIpc) is 2.75. The summed E-state index contributed by atoms with van der Waals surface area (Å²) in [5.74, 6) is -4.68. The summed E-state index contributed by atoms with van der Waals surface area (Å²) in [6, 6.07) is 8.14. The minimum absolute atomic E-state index is 0.0220. The molecule has 0 bridgehead atoms.